The zero-order valence-corrected chi connectivity index (χ0v) is 11.5. The molecule has 1 aromatic carbocycles. The van der Waals surface area contributed by atoms with E-state index in [4.69, 9.17) is 14.7 Å². The van der Waals surface area contributed by atoms with Crippen LogP contribution in [0.2, 0.25) is 0 Å². The largest absolute Gasteiger partial charge is 0.489 e. The van der Waals surface area contributed by atoms with Crippen molar-refractivity contribution in [3.8, 4) is 11.8 Å². The van der Waals surface area contributed by atoms with Crippen molar-refractivity contribution in [1.29, 1.82) is 5.26 Å². The van der Waals surface area contributed by atoms with E-state index in [1.165, 1.54) is 0 Å². The molecule has 0 radical (unpaired) electrons. The van der Waals surface area contributed by atoms with E-state index in [0.717, 1.165) is 26.1 Å². The molecule has 0 spiro atoms. The summed E-state index contributed by atoms with van der Waals surface area (Å²) in [5.41, 5.74) is 0.489. The molecule has 0 amide bonds. The zero-order chi connectivity index (χ0) is 14.2. The predicted molar refractivity (Wildman–Crippen MR) is 74.5 cm³/mol. The topological polar surface area (TPSA) is 65.7 Å². The van der Waals surface area contributed by atoms with Crippen molar-refractivity contribution < 1.29 is 14.6 Å². The van der Waals surface area contributed by atoms with Crippen LogP contribution in [-0.2, 0) is 4.74 Å². The van der Waals surface area contributed by atoms with Crippen LogP contribution in [0.1, 0.15) is 12.0 Å². The zero-order valence-electron chi connectivity index (χ0n) is 11.5. The van der Waals surface area contributed by atoms with Gasteiger partial charge in [0.25, 0.3) is 0 Å². The van der Waals surface area contributed by atoms with Gasteiger partial charge in [-0.05, 0) is 18.6 Å². The number of nitriles is 1. The number of rotatable bonds is 5. The number of benzene rings is 1. The molecule has 5 nitrogen and oxygen atoms in total. The summed E-state index contributed by atoms with van der Waals surface area (Å²) in [6.07, 6.45) is 0.421. The lowest BCUT2D eigenvalue weighted by atomic mass is 10.2. The molecule has 0 aliphatic carbocycles. The third kappa shape index (κ3) is 4.49. The maximum Gasteiger partial charge on any atom is 0.137 e. The Morgan fingerprint density at radius 2 is 2.20 bits per heavy atom. The lowest BCUT2D eigenvalue weighted by Crippen LogP contribution is -2.37. The standard InChI is InChI=1S/C15H20N2O3/c16-10-13-4-1-2-5-15(13)20-12-14(18)11-17-6-3-8-19-9-7-17/h1-2,4-5,14,18H,3,6-9,11-12H2. The molecule has 2 rings (SSSR count). The smallest absolute Gasteiger partial charge is 0.137 e. The summed E-state index contributed by atoms with van der Waals surface area (Å²) in [5.74, 6) is 0.522. The van der Waals surface area contributed by atoms with Gasteiger partial charge >= 0.3 is 0 Å². The van der Waals surface area contributed by atoms with Gasteiger partial charge in [-0.15, -0.1) is 0 Å². The third-order valence-electron chi connectivity index (χ3n) is 3.22. The fourth-order valence-electron chi connectivity index (χ4n) is 2.20. The van der Waals surface area contributed by atoms with Gasteiger partial charge < -0.3 is 14.6 Å². The number of aliphatic hydroxyl groups excluding tert-OH is 1. The van der Waals surface area contributed by atoms with E-state index < -0.39 is 6.10 Å². The molecule has 5 heteroatoms. The van der Waals surface area contributed by atoms with Crippen molar-refractivity contribution in [1.82, 2.24) is 4.90 Å². The predicted octanol–water partition coefficient (Wildman–Crippen LogP) is 1.02. The lowest BCUT2D eigenvalue weighted by molar-refractivity contribution is 0.0657. The molecule has 108 valence electrons. The number of ether oxygens (including phenoxy) is 2. The highest BCUT2D eigenvalue weighted by Crippen LogP contribution is 2.16. The number of nitrogens with zero attached hydrogens (tertiary/aromatic N) is 2. The van der Waals surface area contributed by atoms with Gasteiger partial charge in [0.2, 0.25) is 0 Å². The summed E-state index contributed by atoms with van der Waals surface area (Å²) in [7, 11) is 0. The second kappa shape index (κ2) is 7.85. The van der Waals surface area contributed by atoms with Crippen molar-refractivity contribution >= 4 is 0 Å². The summed E-state index contributed by atoms with van der Waals surface area (Å²) in [4.78, 5) is 2.18. The van der Waals surface area contributed by atoms with Crippen molar-refractivity contribution in [3.63, 3.8) is 0 Å². The molecule has 0 aromatic heterocycles. The van der Waals surface area contributed by atoms with Gasteiger partial charge in [-0.25, -0.2) is 0 Å². The maximum atomic E-state index is 10.0. The van der Waals surface area contributed by atoms with Crippen LogP contribution in [0.15, 0.2) is 24.3 Å². The van der Waals surface area contributed by atoms with Gasteiger partial charge in [-0.2, -0.15) is 5.26 Å². The van der Waals surface area contributed by atoms with Crippen LogP contribution in [-0.4, -0.2) is 55.6 Å². The van der Waals surface area contributed by atoms with Gasteiger partial charge in [0.1, 0.15) is 24.5 Å². The van der Waals surface area contributed by atoms with Crippen molar-refractivity contribution in [3.05, 3.63) is 29.8 Å². The fraction of sp³-hybridized carbons (Fsp3) is 0.533. The average Bonchev–Trinajstić information content (AvgIpc) is 2.74. The number of aliphatic hydroxyl groups is 1. The van der Waals surface area contributed by atoms with Crippen molar-refractivity contribution in [2.24, 2.45) is 0 Å². The summed E-state index contributed by atoms with van der Waals surface area (Å²) in [6.45, 7) is 4.04. The summed E-state index contributed by atoms with van der Waals surface area (Å²) < 4.78 is 10.9. The minimum Gasteiger partial charge on any atom is -0.489 e. The first-order valence-corrected chi connectivity index (χ1v) is 6.89. The van der Waals surface area contributed by atoms with E-state index in [0.29, 0.717) is 24.5 Å². The van der Waals surface area contributed by atoms with Crippen molar-refractivity contribution in [2.75, 3.05) is 39.5 Å². The Kier molecular flexibility index (Phi) is 5.81. The first-order chi connectivity index (χ1) is 9.79. The number of hydrogen-bond donors (Lipinski definition) is 1. The van der Waals surface area contributed by atoms with E-state index in [9.17, 15) is 5.11 Å². The second-order valence-corrected chi connectivity index (χ2v) is 4.84. The molecule has 1 fully saturated rings. The van der Waals surface area contributed by atoms with Gasteiger partial charge in [-0.1, -0.05) is 12.1 Å². The summed E-state index contributed by atoms with van der Waals surface area (Å²) in [6, 6.07) is 9.12. The Morgan fingerprint density at radius 1 is 1.35 bits per heavy atom. The molecular formula is C15H20N2O3. The quantitative estimate of drug-likeness (QED) is 0.870. The highest BCUT2D eigenvalue weighted by molar-refractivity contribution is 5.42. The lowest BCUT2D eigenvalue weighted by Gasteiger charge is -2.22. The molecule has 1 unspecified atom stereocenters. The Hall–Kier alpha value is -1.61. The molecule has 1 atom stereocenters. The molecule has 1 aliphatic heterocycles. The van der Waals surface area contributed by atoms with E-state index in [1.54, 1.807) is 18.2 Å². The summed E-state index contributed by atoms with van der Waals surface area (Å²) >= 11 is 0. The van der Waals surface area contributed by atoms with Crippen LogP contribution in [0.3, 0.4) is 0 Å². The van der Waals surface area contributed by atoms with Crippen LogP contribution < -0.4 is 4.74 Å². The normalized spacial score (nSPS) is 18.0. The van der Waals surface area contributed by atoms with Gasteiger partial charge in [0.15, 0.2) is 0 Å². The molecule has 0 bridgehead atoms. The van der Waals surface area contributed by atoms with E-state index in [-0.39, 0.29) is 6.61 Å². The molecule has 1 aliphatic rings. The summed E-state index contributed by atoms with van der Waals surface area (Å²) in [5, 5.41) is 19.0. The average molecular weight is 276 g/mol. The Morgan fingerprint density at radius 3 is 3.05 bits per heavy atom. The first-order valence-electron chi connectivity index (χ1n) is 6.89. The molecule has 20 heavy (non-hydrogen) atoms. The van der Waals surface area contributed by atoms with Crippen LogP contribution >= 0.6 is 0 Å². The number of β-amino-alcohol motifs (C(OH)–C–C–N with tert-alkyl or cyclic N) is 1. The van der Waals surface area contributed by atoms with Crippen LogP contribution in [0.4, 0.5) is 0 Å². The minimum absolute atomic E-state index is 0.191. The highest BCUT2D eigenvalue weighted by Gasteiger charge is 2.15. The van der Waals surface area contributed by atoms with Crippen LogP contribution in [0.25, 0.3) is 0 Å². The number of para-hydroxylation sites is 1. The first kappa shape index (κ1) is 14.8. The molecule has 1 heterocycles. The maximum absolute atomic E-state index is 10.0. The molecule has 1 saturated heterocycles. The van der Waals surface area contributed by atoms with E-state index in [2.05, 4.69) is 11.0 Å². The molecule has 1 aromatic rings. The highest BCUT2D eigenvalue weighted by atomic mass is 16.5. The molecular weight excluding hydrogens is 256 g/mol. The van der Waals surface area contributed by atoms with Crippen molar-refractivity contribution in [2.45, 2.75) is 12.5 Å². The van der Waals surface area contributed by atoms with Crippen LogP contribution in [0.5, 0.6) is 5.75 Å². The Balaban J connectivity index is 1.79. The fourth-order valence-corrected chi connectivity index (χ4v) is 2.20. The van der Waals surface area contributed by atoms with Gasteiger partial charge in [0.05, 0.1) is 12.2 Å². The Labute approximate surface area is 119 Å². The van der Waals surface area contributed by atoms with E-state index in [1.807, 2.05) is 6.07 Å². The number of hydrogen-bond acceptors (Lipinski definition) is 5. The second-order valence-electron chi connectivity index (χ2n) is 4.84. The third-order valence-corrected chi connectivity index (χ3v) is 3.22. The Bertz CT molecular complexity index is 451. The monoisotopic (exact) mass is 276 g/mol. The van der Waals surface area contributed by atoms with Crippen LogP contribution in [0, 0.1) is 11.3 Å². The van der Waals surface area contributed by atoms with Gasteiger partial charge in [-0.3, -0.25) is 4.90 Å². The molecule has 0 saturated carbocycles. The molecule has 1 N–H and O–H groups in total. The minimum atomic E-state index is -0.570. The van der Waals surface area contributed by atoms with E-state index >= 15 is 0 Å². The SMILES string of the molecule is N#Cc1ccccc1OCC(O)CN1CCCOCC1. The van der Waals surface area contributed by atoms with Gasteiger partial charge in [0, 0.05) is 26.2 Å².